The van der Waals surface area contributed by atoms with E-state index >= 15 is 0 Å². The third kappa shape index (κ3) is 47.6. The van der Waals surface area contributed by atoms with Gasteiger partial charge in [-0.2, -0.15) is 0 Å². The van der Waals surface area contributed by atoms with Gasteiger partial charge in [-0.25, -0.2) is 4.57 Å². The van der Waals surface area contributed by atoms with Gasteiger partial charge >= 0.3 is 7.82 Å². The van der Waals surface area contributed by atoms with Crippen LogP contribution in [0.5, 0.6) is 0 Å². The largest absolute Gasteiger partial charge is 0.472 e. The molecule has 64 heavy (non-hydrogen) atoms. The van der Waals surface area contributed by atoms with Crippen LogP contribution in [0.4, 0.5) is 0 Å². The summed E-state index contributed by atoms with van der Waals surface area (Å²) < 4.78 is 23.6. The molecule has 0 aliphatic carbocycles. The topological polar surface area (TPSA) is 105 Å². The standard InChI is InChI=1S/C55H99N2O6P/c1-6-8-10-12-14-16-18-20-22-24-25-26-27-28-29-30-31-33-35-37-39-41-43-45-47-49-55(59)56-53(52-63-64(60,61)62-51-50-57(3,4)5)54(58)48-46-44-42-40-38-36-34-32-23-21-19-17-15-13-11-9-7-2/h8,10,14,16,20,22,25-26,28-29,31,33,46,48,53-54,58H,6-7,9,11-13,15,17-19,21,23-24,27,30,32,34-45,47,49-52H2,1-5H3,(H-,56,59,60,61)/p+1/b10-8-,16-14-,22-20-,26-25-,29-28-,33-31-,48-46+. The average molecular weight is 916 g/mol. The molecule has 0 spiro atoms. The molecule has 0 saturated heterocycles. The number of amides is 1. The Labute approximate surface area is 395 Å². The molecule has 0 aromatic carbocycles. The normalized spacial score (nSPS) is 14.8. The second kappa shape index (κ2) is 45.8. The fourth-order valence-corrected chi connectivity index (χ4v) is 7.78. The van der Waals surface area contributed by atoms with E-state index in [1.54, 1.807) is 6.08 Å². The van der Waals surface area contributed by atoms with Crippen molar-refractivity contribution in [3.63, 3.8) is 0 Å². The molecule has 3 atom stereocenters. The van der Waals surface area contributed by atoms with Crippen molar-refractivity contribution in [2.75, 3.05) is 40.9 Å². The second-order valence-electron chi connectivity index (χ2n) is 18.5. The maximum absolute atomic E-state index is 12.9. The number of nitrogens with zero attached hydrogens (tertiary/aromatic N) is 1. The van der Waals surface area contributed by atoms with Crippen LogP contribution in [0.1, 0.15) is 206 Å². The van der Waals surface area contributed by atoms with Gasteiger partial charge in [-0.15, -0.1) is 0 Å². The number of rotatable bonds is 46. The summed E-state index contributed by atoms with van der Waals surface area (Å²) in [5.74, 6) is -0.195. The van der Waals surface area contributed by atoms with E-state index in [1.165, 1.54) is 96.3 Å². The van der Waals surface area contributed by atoms with Gasteiger partial charge in [-0.1, -0.05) is 214 Å². The molecule has 0 aliphatic rings. The van der Waals surface area contributed by atoms with E-state index in [9.17, 15) is 19.4 Å². The molecule has 0 bridgehead atoms. The summed E-state index contributed by atoms with van der Waals surface area (Å²) >= 11 is 0. The van der Waals surface area contributed by atoms with Crippen LogP contribution < -0.4 is 5.32 Å². The number of aliphatic hydroxyl groups is 1. The minimum atomic E-state index is -4.35. The lowest BCUT2D eigenvalue weighted by molar-refractivity contribution is -0.870. The van der Waals surface area contributed by atoms with E-state index in [2.05, 4.69) is 92.1 Å². The first-order chi connectivity index (χ1) is 31.0. The highest BCUT2D eigenvalue weighted by Gasteiger charge is 2.27. The Morgan fingerprint density at radius 2 is 0.938 bits per heavy atom. The van der Waals surface area contributed by atoms with Crippen molar-refractivity contribution in [2.45, 2.75) is 219 Å². The summed E-state index contributed by atoms with van der Waals surface area (Å²) in [4.78, 5) is 23.2. The number of hydrogen-bond acceptors (Lipinski definition) is 5. The minimum Gasteiger partial charge on any atom is -0.387 e. The maximum Gasteiger partial charge on any atom is 0.472 e. The molecule has 0 aromatic rings. The molecule has 0 radical (unpaired) electrons. The van der Waals surface area contributed by atoms with Gasteiger partial charge in [0, 0.05) is 6.42 Å². The van der Waals surface area contributed by atoms with Crippen LogP contribution in [0, 0.1) is 0 Å². The first kappa shape index (κ1) is 61.7. The molecule has 0 aliphatic heterocycles. The zero-order valence-electron chi connectivity index (χ0n) is 42.0. The fourth-order valence-electron chi connectivity index (χ4n) is 7.04. The van der Waals surface area contributed by atoms with Crippen molar-refractivity contribution in [1.82, 2.24) is 5.32 Å². The van der Waals surface area contributed by atoms with Crippen molar-refractivity contribution >= 4 is 13.7 Å². The van der Waals surface area contributed by atoms with Gasteiger partial charge in [0.05, 0.1) is 39.9 Å². The van der Waals surface area contributed by atoms with Gasteiger partial charge in [0.15, 0.2) is 0 Å². The van der Waals surface area contributed by atoms with Gasteiger partial charge in [0.2, 0.25) is 5.91 Å². The summed E-state index contributed by atoms with van der Waals surface area (Å²) in [6.07, 6.45) is 63.7. The Hall–Kier alpha value is -2.32. The van der Waals surface area contributed by atoms with Gasteiger partial charge in [0.25, 0.3) is 0 Å². The predicted octanol–water partition coefficient (Wildman–Crippen LogP) is 15.3. The zero-order chi connectivity index (χ0) is 47.1. The van der Waals surface area contributed by atoms with Crippen LogP contribution in [0.3, 0.4) is 0 Å². The van der Waals surface area contributed by atoms with Crippen LogP contribution in [0.15, 0.2) is 85.1 Å². The van der Waals surface area contributed by atoms with Crippen LogP contribution in [-0.4, -0.2) is 73.4 Å². The number of phosphoric acid groups is 1. The molecule has 0 saturated carbocycles. The van der Waals surface area contributed by atoms with Gasteiger partial charge in [0.1, 0.15) is 13.2 Å². The molecule has 3 N–H and O–H groups in total. The summed E-state index contributed by atoms with van der Waals surface area (Å²) in [5, 5.41) is 13.9. The summed E-state index contributed by atoms with van der Waals surface area (Å²) in [7, 11) is 1.55. The van der Waals surface area contributed by atoms with Crippen molar-refractivity contribution in [2.24, 2.45) is 0 Å². The lowest BCUT2D eigenvalue weighted by Crippen LogP contribution is -2.45. The number of unbranched alkanes of at least 4 members (excludes halogenated alkanes) is 21. The molecule has 1 amide bonds. The quantitative estimate of drug-likeness (QED) is 0.0243. The van der Waals surface area contributed by atoms with E-state index in [0.717, 1.165) is 89.9 Å². The number of nitrogens with one attached hydrogen (secondary N) is 1. The SMILES string of the molecule is CC/C=C\C/C=C\C/C=C\C/C=C\C/C=C\C/C=C\CCCCCCCCC(=O)NC(COP(=O)(O)OCC[N+](C)(C)C)C(O)/C=C/CCCCCCCCCCCCCCCCC. The number of allylic oxidation sites excluding steroid dienone is 13. The highest BCUT2D eigenvalue weighted by molar-refractivity contribution is 7.47. The van der Waals surface area contributed by atoms with Gasteiger partial charge in [-0.05, 0) is 70.6 Å². The Balaban J connectivity index is 4.35. The number of likely N-dealkylation sites (N-methyl/N-ethyl adjacent to an activating group) is 1. The minimum absolute atomic E-state index is 0.0541. The van der Waals surface area contributed by atoms with Crippen LogP contribution in [-0.2, 0) is 18.4 Å². The maximum atomic E-state index is 12.9. The Morgan fingerprint density at radius 1 is 0.547 bits per heavy atom. The van der Waals surface area contributed by atoms with Gasteiger partial charge in [-0.3, -0.25) is 13.8 Å². The monoisotopic (exact) mass is 916 g/mol. The van der Waals surface area contributed by atoms with Crippen LogP contribution in [0.2, 0.25) is 0 Å². The number of hydrogen-bond donors (Lipinski definition) is 3. The van der Waals surface area contributed by atoms with Crippen molar-refractivity contribution < 1.29 is 32.9 Å². The lowest BCUT2D eigenvalue weighted by Gasteiger charge is -2.25. The number of aliphatic hydroxyl groups excluding tert-OH is 1. The molecule has 0 heterocycles. The van der Waals surface area contributed by atoms with E-state index in [1.807, 2.05) is 27.2 Å². The fraction of sp³-hybridized carbons (Fsp3) is 0.727. The number of carbonyl (C=O) groups excluding carboxylic acids is 1. The second-order valence-corrected chi connectivity index (χ2v) is 20.0. The highest BCUT2D eigenvalue weighted by atomic mass is 31.2. The molecular formula is C55H100N2O6P+. The zero-order valence-corrected chi connectivity index (χ0v) is 42.9. The summed E-state index contributed by atoms with van der Waals surface area (Å²) in [5.41, 5.74) is 0. The van der Waals surface area contributed by atoms with Crippen molar-refractivity contribution in [1.29, 1.82) is 0 Å². The summed E-state index contributed by atoms with van der Waals surface area (Å²) in [6.45, 7) is 4.68. The molecule has 370 valence electrons. The highest BCUT2D eigenvalue weighted by Crippen LogP contribution is 2.43. The van der Waals surface area contributed by atoms with E-state index in [4.69, 9.17) is 9.05 Å². The van der Waals surface area contributed by atoms with E-state index in [-0.39, 0.29) is 19.1 Å². The molecule has 0 fully saturated rings. The number of quaternary nitrogens is 1. The molecule has 3 unspecified atom stereocenters. The molecule has 0 aromatic heterocycles. The smallest absolute Gasteiger partial charge is 0.387 e. The third-order valence-electron chi connectivity index (χ3n) is 11.1. The van der Waals surface area contributed by atoms with Crippen molar-refractivity contribution in [3.05, 3.63) is 85.1 Å². The molecule has 8 nitrogen and oxygen atoms in total. The Bertz CT molecular complexity index is 1310. The molecule has 0 rings (SSSR count). The predicted molar refractivity (Wildman–Crippen MR) is 276 cm³/mol. The Kier molecular flexibility index (Phi) is 44.2. The summed E-state index contributed by atoms with van der Waals surface area (Å²) in [6, 6.07) is -0.860. The van der Waals surface area contributed by atoms with Gasteiger partial charge < -0.3 is 19.8 Å². The van der Waals surface area contributed by atoms with Crippen LogP contribution in [0.25, 0.3) is 0 Å². The Morgan fingerprint density at radius 3 is 1.38 bits per heavy atom. The van der Waals surface area contributed by atoms with Crippen molar-refractivity contribution in [3.8, 4) is 0 Å². The lowest BCUT2D eigenvalue weighted by atomic mass is 10.0. The average Bonchev–Trinajstić information content (AvgIpc) is 3.25. The van der Waals surface area contributed by atoms with E-state index < -0.39 is 20.0 Å². The third-order valence-corrected chi connectivity index (χ3v) is 12.1. The molecule has 9 heteroatoms. The number of carbonyl (C=O) groups is 1. The van der Waals surface area contributed by atoms with E-state index in [0.29, 0.717) is 17.4 Å². The first-order valence-corrected chi connectivity index (χ1v) is 27.5. The van der Waals surface area contributed by atoms with Crippen LogP contribution >= 0.6 is 7.82 Å². The first-order valence-electron chi connectivity index (χ1n) is 26.0. The number of phosphoric ester groups is 1. The molecular weight excluding hydrogens is 816 g/mol.